The Hall–Kier alpha value is -7.43. The number of fused-ring (bicyclic) bond motifs is 6. The van der Waals surface area contributed by atoms with Crippen molar-refractivity contribution < 1.29 is 4.42 Å². The third kappa shape index (κ3) is 5.42. The number of nitrogens with one attached hydrogen (secondary N) is 1. The first-order valence-electron chi connectivity index (χ1n) is 19.1. The molecule has 0 bridgehead atoms. The minimum Gasteiger partial charge on any atom is -0.456 e. The van der Waals surface area contributed by atoms with E-state index >= 15 is 0 Å². The van der Waals surface area contributed by atoms with Crippen molar-refractivity contribution >= 4 is 55.2 Å². The van der Waals surface area contributed by atoms with E-state index in [0.717, 1.165) is 72.3 Å². The monoisotopic (exact) mass is 717 g/mol. The molecule has 0 spiro atoms. The second kappa shape index (κ2) is 13.2. The normalized spacial score (nSPS) is 14.2. The molecule has 56 heavy (non-hydrogen) atoms. The molecule has 1 aliphatic heterocycles. The lowest BCUT2D eigenvalue weighted by molar-refractivity contribution is 0.664. The number of rotatable bonds is 6. The van der Waals surface area contributed by atoms with E-state index in [1.807, 2.05) is 12.1 Å². The summed E-state index contributed by atoms with van der Waals surface area (Å²) in [6, 6.07) is 68.8. The number of allylic oxidation sites excluding steroid dienone is 1. The number of hydrogen-bond acceptors (Lipinski definition) is 3. The van der Waals surface area contributed by atoms with Gasteiger partial charge in [0.15, 0.2) is 0 Å². The summed E-state index contributed by atoms with van der Waals surface area (Å²) >= 11 is 0. The Morgan fingerprint density at radius 3 is 1.91 bits per heavy atom. The maximum absolute atomic E-state index is 6.22. The van der Waals surface area contributed by atoms with Crippen LogP contribution in [0, 0.1) is 0 Å². The van der Waals surface area contributed by atoms with Crippen LogP contribution in [0.2, 0.25) is 0 Å². The predicted octanol–water partition coefficient (Wildman–Crippen LogP) is 13.1. The molecule has 10 aromatic rings. The van der Waals surface area contributed by atoms with E-state index in [2.05, 4.69) is 198 Å². The molecular formula is C52H35N3O. The van der Waals surface area contributed by atoms with Gasteiger partial charge in [0.1, 0.15) is 17.3 Å². The first-order valence-corrected chi connectivity index (χ1v) is 19.1. The van der Waals surface area contributed by atoms with Gasteiger partial charge in [-0.2, -0.15) is 0 Å². The summed E-state index contributed by atoms with van der Waals surface area (Å²) in [6.07, 6.45) is 1.92. The van der Waals surface area contributed by atoms with E-state index in [1.54, 1.807) is 0 Å². The molecule has 1 N–H and O–H groups in total. The molecule has 8 aromatic carbocycles. The molecule has 264 valence electrons. The van der Waals surface area contributed by atoms with Gasteiger partial charge in [-0.05, 0) is 88.0 Å². The lowest BCUT2D eigenvalue weighted by Gasteiger charge is -2.26. The molecule has 0 saturated heterocycles. The Kier molecular flexibility index (Phi) is 7.52. The van der Waals surface area contributed by atoms with Crippen LogP contribution in [0.5, 0.6) is 0 Å². The van der Waals surface area contributed by atoms with Gasteiger partial charge in [-0.1, -0.05) is 146 Å². The van der Waals surface area contributed by atoms with Gasteiger partial charge in [-0.15, -0.1) is 0 Å². The number of hydrogen-bond donors (Lipinski definition) is 1. The van der Waals surface area contributed by atoms with Gasteiger partial charge >= 0.3 is 0 Å². The van der Waals surface area contributed by atoms with E-state index in [-0.39, 0.29) is 6.17 Å². The van der Waals surface area contributed by atoms with Crippen LogP contribution >= 0.6 is 0 Å². The third-order valence-electron chi connectivity index (χ3n) is 11.0. The Morgan fingerprint density at radius 1 is 0.464 bits per heavy atom. The number of nitrogens with zero attached hydrogens (tertiary/aromatic N) is 2. The molecule has 1 atom stereocenters. The molecule has 0 saturated carbocycles. The fourth-order valence-electron chi connectivity index (χ4n) is 8.39. The van der Waals surface area contributed by atoms with E-state index in [1.165, 1.54) is 27.5 Å². The maximum atomic E-state index is 6.22. The first-order chi connectivity index (χ1) is 27.7. The summed E-state index contributed by atoms with van der Waals surface area (Å²) in [5.41, 5.74) is 15.1. The van der Waals surface area contributed by atoms with Crippen LogP contribution < -0.4 is 5.32 Å². The van der Waals surface area contributed by atoms with Crippen molar-refractivity contribution in [2.75, 3.05) is 0 Å². The predicted molar refractivity (Wildman–Crippen MR) is 232 cm³/mol. The quantitative estimate of drug-likeness (QED) is 0.186. The summed E-state index contributed by atoms with van der Waals surface area (Å²) < 4.78 is 8.60. The van der Waals surface area contributed by atoms with Crippen molar-refractivity contribution in [1.29, 1.82) is 0 Å². The lowest BCUT2D eigenvalue weighted by Crippen LogP contribution is -2.25. The third-order valence-corrected chi connectivity index (χ3v) is 11.0. The van der Waals surface area contributed by atoms with Crippen LogP contribution in [0.25, 0.3) is 77.4 Å². The highest BCUT2D eigenvalue weighted by atomic mass is 16.3. The Labute approximate surface area is 324 Å². The molecule has 0 aliphatic carbocycles. The summed E-state index contributed by atoms with van der Waals surface area (Å²) in [6.45, 7) is 0. The average Bonchev–Trinajstić information content (AvgIpc) is 3.82. The van der Waals surface area contributed by atoms with Crippen molar-refractivity contribution in [2.45, 2.75) is 6.17 Å². The van der Waals surface area contributed by atoms with Crippen molar-refractivity contribution in [3.63, 3.8) is 0 Å². The van der Waals surface area contributed by atoms with Crippen LogP contribution in [0.3, 0.4) is 0 Å². The molecule has 0 amide bonds. The van der Waals surface area contributed by atoms with Crippen molar-refractivity contribution in [1.82, 2.24) is 9.88 Å². The van der Waals surface area contributed by atoms with Crippen LogP contribution in [0.1, 0.15) is 22.9 Å². The van der Waals surface area contributed by atoms with Gasteiger partial charge in [0.2, 0.25) is 0 Å². The van der Waals surface area contributed by atoms with Crippen LogP contribution in [-0.4, -0.2) is 10.3 Å². The molecule has 2 aromatic heterocycles. The largest absolute Gasteiger partial charge is 0.456 e. The Bertz CT molecular complexity index is 3170. The standard InChI is InChI=1S/C52H35N3O/c1-3-14-34(15-4-1)36-18-11-20-38(30-36)45-33-46(54-52(53-45)39-21-12-19-37(31-39)35-16-5-2-6-17-35)42-24-13-26-48-51(42)43-23-7-9-25-47(43)55(48)40-28-29-50-44(32-40)41-22-8-10-27-49(41)56-50/h1-33,52-53H. The van der Waals surface area contributed by atoms with Gasteiger partial charge in [0, 0.05) is 38.5 Å². The maximum Gasteiger partial charge on any atom is 0.145 e. The lowest BCUT2D eigenvalue weighted by atomic mass is 9.96. The topological polar surface area (TPSA) is 42.5 Å². The second-order valence-corrected chi connectivity index (χ2v) is 14.4. The second-order valence-electron chi connectivity index (χ2n) is 14.4. The van der Waals surface area contributed by atoms with Crippen molar-refractivity contribution in [3.8, 4) is 27.9 Å². The first kappa shape index (κ1) is 32.0. The van der Waals surface area contributed by atoms with Gasteiger partial charge in [-0.3, -0.25) is 4.99 Å². The van der Waals surface area contributed by atoms with Gasteiger partial charge in [0.25, 0.3) is 0 Å². The molecule has 3 heterocycles. The summed E-state index contributed by atoms with van der Waals surface area (Å²) in [4.78, 5) is 5.53. The minimum atomic E-state index is -0.311. The average molecular weight is 718 g/mol. The molecular weight excluding hydrogens is 683 g/mol. The molecule has 0 radical (unpaired) electrons. The highest BCUT2D eigenvalue weighted by molar-refractivity contribution is 6.25. The van der Waals surface area contributed by atoms with Crippen LogP contribution in [-0.2, 0) is 0 Å². The minimum absolute atomic E-state index is 0.311. The number of para-hydroxylation sites is 2. The summed E-state index contributed by atoms with van der Waals surface area (Å²) in [7, 11) is 0. The fraction of sp³-hybridized carbons (Fsp3) is 0.0192. The number of aromatic nitrogens is 1. The van der Waals surface area contributed by atoms with Crippen molar-refractivity contribution in [3.05, 3.63) is 217 Å². The number of benzene rings is 8. The van der Waals surface area contributed by atoms with E-state index in [9.17, 15) is 0 Å². The van der Waals surface area contributed by atoms with E-state index in [4.69, 9.17) is 9.41 Å². The molecule has 4 nitrogen and oxygen atoms in total. The molecule has 1 unspecified atom stereocenters. The van der Waals surface area contributed by atoms with E-state index < -0.39 is 0 Å². The Morgan fingerprint density at radius 2 is 1.09 bits per heavy atom. The molecule has 0 fully saturated rings. The zero-order chi connectivity index (χ0) is 37.0. The van der Waals surface area contributed by atoms with Gasteiger partial charge in [-0.25, -0.2) is 0 Å². The van der Waals surface area contributed by atoms with Crippen LogP contribution in [0.4, 0.5) is 0 Å². The Balaban J connectivity index is 1.11. The summed E-state index contributed by atoms with van der Waals surface area (Å²) in [5.74, 6) is 0. The number of furan rings is 1. The number of aliphatic imine (C=N–C) groups is 1. The SMILES string of the molecule is C1=C(c2cccc(-c3ccccc3)c2)NC(c2cccc(-c3ccccc3)c2)N=C1c1cccc2c1c1ccccc1n2-c1ccc2oc3ccccc3c2c1. The zero-order valence-corrected chi connectivity index (χ0v) is 30.4. The molecule has 11 rings (SSSR count). The highest BCUT2D eigenvalue weighted by Gasteiger charge is 2.24. The van der Waals surface area contributed by atoms with Crippen molar-refractivity contribution in [2.24, 2.45) is 4.99 Å². The van der Waals surface area contributed by atoms with Crippen LogP contribution in [0.15, 0.2) is 210 Å². The fourth-order valence-corrected chi connectivity index (χ4v) is 8.39. The smallest absolute Gasteiger partial charge is 0.145 e. The molecule has 1 aliphatic rings. The van der Waals surface area contributed by atoms with Gasteiger partial charge in [0.05, 0.1) is 16.7 Å². The van der Waals surface area contributed by atoms with E-state index in [0.29, 0.717) is 0 Å². The highest BCUT2D eigenvalue weighted by Crippen LogP contribution is 2.39. The summed E-state index contributed by atoms with van der Waals surface area (Å²) in [5, 5.41) is 8.42. The molecule has 4 heteroatoms. The zero-order valence-electron chi connectivity index (χ0n) is 30.4. The van der Waals surface area contributed by atoms with Gasteiger partial charge < -0.3 is 14.3 Å².